The second-order valence-corrected chi connectivity index (χ2v) is 8.82. The van der Waals surface area contributed by atoms with Crippen LogP contribution >= 0.6 is 0 Å². The van der Waals surface area contributed by atoms with E-state index in [4.69, 9.17) is 4.18 Å². The zero-order valence-electron chi connectivity index (χ0n) is 14.0. The summed E-state index contributed by atoms with van der Waals surface area (Å²) in [5, 5.41) is 0. The molecule has 0 amide bonds. The summed E-state index contributed by atoms with van der Waals surface area (Å²) in [5.74, 6) is 1.08. The number of rotatable bonds is 4. The summed E-state index contributed by atoms with van der Waals surface area (Å²) in [6.45, 7) is 1.96. The molecule has 0 heterocycles. The third kappa shape index (κ3) is 4.16. The van der Waals surface area contributed by atoms with E-state index in [1.165, 1.54) is 38.5 Å². The maximum atomic E-state index is 12.6. The van der Waals surface area contributed by atoms with Gasteiger partial charge < -0.3 is 0 Å². The molecule has 2 saturated carbocycles. The van der Waals surface area contributed by atoms with E-state index in [1.807, 2.05) is 19.1 Å². The standard InChI is InChI=1S/C19H28O3S/c1-15-11-13-17(14-12-15)23(20,21)22-19-10-6-5-9-18(19)16-7-3-2-4-8-16/h11-14,16,18-19H,2-10H2,1H3. The van der Waals surface area contributed by atoms with Gasteiger partial charge in [0.05, 0.1) is 11.0 Å². The lowest BCUT2D eigenvalue weighted by atomic mass is 9.72. The number of hydrogen-bond donors (Lipinski definition) is 0. The molecule has 0 bridgehead atoms. The fraction of sp³-hybridized carbons (Fsp3) is 0.684. The van der Waals surface area contributed by atoms with Crippen LogP contribution in [0.2, 0.25) is 0 Å². The van der Waals surface area contributed by atoms with Gasteiger partial charge in [0.25, 0.3) is 10.1 Å². The Labute approximate surface area is 140 Å². The Morgan fingerprint density at radius 1 is 0.870 bits per heavy atom. The van der Waals surface area contributed by atoms with Gasteiger partial charge in [-0.05, 0) is 43.7 Å². The van der Waals surface area contributed by atoms with Gasteiger partial charge in [0.2, 0.25) is 0 Å². The minimum absolute atomic E-state index is 0.127. The Morgan fingerprint density at radius 2 is 1.48 bits per heavy atom. The molecular weight excluding hydrogens is 308 g/mol. The lowest BCUT2D eigenvalue weighted by molar-refractivity contribution is 0.0486. The first-order chi connectivity index (χ1) is 11.1. The van der Waals surface area contributed by atoms with Gasteiger partial charge in [0.1, 0.15) is 0 Å². The Bertz CT molecular complexity index is 600. The molecule has 2 unspecified atom stereocenters. The van der Waals surface area contributed by atoms with Crippen molar-refractivity contribution in [2.75, 3.05) is 0 Å². The molecule has 128 valence electrons. The lowest BCUT2D eigenvalue weighted by Gasteiger charge is -2.38. The van der Waals surface area contributed by atoms with Gasteiger partial charge in [0.15, 0.2) is 0 Å². The van der Waals surface area contributed by atoms with Crippen molar-refractivity contribution in [3.8, 4) is 0 Å². The first kappa shape index (κ1) is 17.0. The molecule has 3 nitrogen and oxygen atoms in total. The van der Waals surface area contributed by atoms with Gasteiger partial charge in [0, 0.05) is 0 Å². The first-order valence-corrected chi connectivity index (χ1v) is 10.5. The van der Waals surface area contributed by atoms with Gasteiger partial charge in [-0.1, -0.05) is 62.6 Å². The van der Waals surface area contributed by atoms with Crippen LogP contribution in [0, 0.1) is 18.8 Å². The molecule has 1 aromatic carbocycles. The van der Waals surface area contributed by atoms with Crippen molar-refractivity contribution < 1.29 is 12.6 Å². The number of hydrogen-bond acceptors (Lipinski definition) is 3. The van der Waals surface area contributed by atoms with Gasteiger partial charge in [-0.15, -0.1) is 0 Å². The molecular formula is C19H28O3S. The molecule has 2 aliphatic rings. The highest BCUT2D eigenvalue weighted by Gasteiger charge is 2.36. The molecule has 4 heteroatoms. The van der Waals surface area contributed by atoms with Crippen LogP contribution in [0.25, 0.3) is 0 Å². The first-order valence-electron chi connectivity index (χ1n) is 9.06. The van der Waals surface area contributed by atoms with Crippen molar-refractivity contribution >= 4 is 10.1 Å². The van der Waals surface area contributed by atoms with Crippen LogP contribution in [0.4, 0.5) is 0 Å². The molecule has 3 rings (SSSR count). The molecule has 0 aliphatic heterocycles. The SMILES string of the molecule is Cc1ccc(S(=O)(=O)OC2CCCCC2C2CCCCC2)cc1. The topological polar surface area (TPSA) is 43.4 Å². The van der Waals surface area contributed by atoms with Crippen LogP contribution in [0.1, 0.15) is 63.4 Å². The Hall–Kier alpha value is -0.870. The zero-order chi connectivity index (χ0) is 16.3. The van der Waals surface area contributed by atoms with Crippen LogP contribution in [-0.4, -0.2) is 14.5 Å². The summed E-state index contributed by atoms with van der Waals surface area (Å²) >= 11 is 0. The minimum Gasteiger partial charge on any atom is -0.263 e. The Balaban J connectivity index is 1.74. The van der Waals surface area contributed by atoms with Crippen molar-refractivity contribution in [1.82, 2.24) is 0 Å². The normalized spacial score (nSPS) is 27.0. The van der Waals surface area contributed by atoms with Gasteiger partial charge in [-0.3, -0.25) is 4.18 Å². The Kier molecular flexibility index (Phi) is 5.42. The van der Waals surface area contributed by atoms with Crippen molar-refractivity contribution in [2.45, 2.75) is 75.7 Å². The lowest BCUT2D eigenvalue weighted by Crippen LogP contribution is -2.35. The molecule has 2 aliphatic carbocycles. The largest absolute Gasteiger partial charge is 0.297 e. The second-order valence-electron chi connectivity index (χ2n) is 7.25. The maximum absolute atomic E-state index is 12.6. The van der Waals surface area contributed by atoms with E-state index in [-0.39, 0.29) is 11.0 Å². The van der Waals surface area contributed by atoms with Crippen molar-refractivity contribution in [3.05, 3.63) is 29.8 Å². The maximum Gasteiger partial charge on any atom is 0.297 e. The third-order valence-electron chi connectivity index (χ3n) is 5.57. The Morgan fingerprint density at radius 3 is 2.17 bits per heavy atom. The van der Waals surface area contributed by atoms with E-state index in [0.717, 1.165) is 24.8 Å². The summed E-state index contributed by atoms with van der Waals surface area (Å²) in [5.41, 5.74) is 1.06. The minimum atomic E-state index is -3.65. The molecule has 2 atom stereocenters. The quantitative estimate of drug-likeness (QED) is 0.739. The number of aryl methyl sites for hydroxylation is 1. The van der Waals surface area contributed by atoms with Crippen molar-refractivity contribution in [3.63, 3.8) is 0 Å². The van der Waals surface area contributed by atoms with E-state index < -0.39 is 10.1 Å². The van der Waals surface area contributed by atoms with Crippen LogP contribution in [-0.2, 0) is 14.3 Å². The molecule has 0 spiro atoms. The zero-order valence-corrected chi connectivity index (χ0v) is 14.9. The molecule has 0 saturated heterocycles. The predicted molar refractivity (Wildman–Crippen MR) is 91.8 cm³/mol. The van der Waals surface area contributed by atoms with E-state index in [2.05, 4.69) is 0 Å². The summed E-state index contributed by atoms with van der Waals surface area (Å²) < 4.78 is 31.0. The summed E-state index contributed by atoms with van der Waals surface area (Å²) in [6.07, 6.45) is 10.6. The van der Waals surface area contributed by atoms with Gasteiger partial charge in [-0.2, -0.15) is 8.42 Å². The summed E-state index contributed by atoms with van der Waals surface area (Å²) in [7, 11) is -3.65. The van der Waals surface area contributed by atoms with Crippen LogP contribution in [0.3, 0.4) is 0 Å². The fourth-order valence-corrected chi connectivity index (χ4v) is 5.41. The third-order valence-corrected chi connectivity index (χ3v) is 6.92. The summed E-state index contributed by atoms with van der Waals surface area (Å²) in [6, 6.07) is 6.97. The highest BCUT2D eigenvalue weighted by molar-refractivity contribution is 7.86. The van der Waals surface area contributed by atoms with Crippen molar-refractivity contribution in [2.24, 2.45) is 11.8 Å². The van der Waals surface area contributed by atoms with E-state index >= 15 is 0 Å². The summed E-state index contributed by atoms with van der Waals surface area (Å²) in [4.78, 5) is 0.288. The molecule has 0 aromatic heterocycles. The predicted octanol–water partition coefficient (Wildman–Crippen LogP) is 4.84. The fourth-order valence-electron chi connectivity index (χ4n) is 4.27. The molecule has 2 fully saturated rings. The van der Waals surface area contributed by atoms with E-state index in [9.17, 15) is 8.42 Å². The second kappa shape index (κ2) is 7.35. The van der Waals surface area contributed by atoms with Crippen LogP contribution in [0.5, 0.6) is 0 Å². The van der Waals surface area contributed by atoms with Gasteiger partial charge >= 0.3 is 0 Å². The van der Waals surface area contributed by atoms with Crippen LogP contribution < -0.4 is 0 Å². The molecule has 0 radical (unpaired) electrons. The van der Waals surface area contributed by atoms with E-state index in [1.54, 1.807) is 12.1 Å². The monoisotopic (exact) mass is 336 g/mol. The van der Waals surface area contributed by atoms with E-state index in [0.29, 0.717) is 11.8 Å². The van der Waals surface area contributed by atoms with Gasteiger partial charge in [-0.25, -0.2) is 0 Å². The highest BCUT2D eigenvalue weighted by atomic mass is 32.2. The average Bonchev–Trinajstić information content (AvgIpc) is 2.56. The van der Waals surface area contributed by atoms with Crippen molar-refractivity contribution in [1.29, 1.82) is 0 Å². The number of benzene rings is 1. The molecule has 1 aromatic rings. The average molecular weight is 336 g/mol. The molecule has 0 N–H and O–H groups in total. The van der Waals surface area contributed by atoms with Crippen LogP contribution in [0.15, 0.2) is 29.2 Å². The smallest absolute Gasteiger partial charge is 0.263 e. The highest BCUT2D eigenvalue weighted by Crippen LogP contribution is 2.40. The molecule has 23 heavy (non-hydrogen) atoms.